The van der Waals surface area contributed by atoms with Crippen molar-refractivity contribution in [2.45, 2.75) is 51.2 Å². The van der Waals surface area contributed by atoms with E-state index >= 15 is 0 Å². The zero-order chi connectivity index (χ0) is 16.6. The third kappa shape index (κ3) is 2.63. The molecule has 2 atom stereocenters. The minimum Gasteiger partial charge on any atom is -0.378 e. The van der Waals surface area contributed by atoms with Crippen LogP contribution in [0.5, 0.6) is 0 Å². The average Bonchev–Trinajstić information content (AvgIpc) is 3.14. The second-order valence-electron chi connectivity index (χ2n) is 6.54. The van der Waals surface area contributed by atoms with Crippen LogP contribution in [0.4, 0.5) is 0 Å². The summed E-state index contributed by atoms with van der Waals surface area (Å²) >= 11 is 1.47. The van der Waals surface area contributed by atoms with E-state index in [1.54, 1.807) is 0 Å². The maximum absolute atomic E-state index is 12.4. The number of thiazole rings is 1. The van der Waals surface area contributed by atoms with E-state index in [1.807, 2.05) is 12.3 Å². The van der Waals surface area contributed by atoms with Crippen LogP contribution in [-0.4, -0.2) is 44.8 Å². The molecule has 2 aliphatic rings. The fourth-order valence-electron chi connectivity index (χ4n) is 3.86. The Morgan fingerprint density at radius 1 is 1.54 bits per heavy atom. The molecule has 7 nitrogen and oxygen atoms in total. The lowest BCUT2D eigenvalue weighted by atomic mass is 9.51. The summed E-state index contributed by atoms with van der Waals surface area (Å²) in [5, 5.41) is 12.5. The molecule has 128 valence electrons. The zero-order valence-electron chi connectivity index (χ0n) is 13.6. The van der Waals surface area contributed by atoms with Gasteiger partial charge in [0.05, 0.1) is 18.2 Å². The number of H-pyrrole nitrogens is 1. The monoisotopic (exact) mass is 347 g/mol. The van der Waals surface area contributed by atoms with Crippen molar-refractivity contribution < 1.29 is 9.53 Å². The van der Waals surface area contributed by atoms with E-state index in [-0.39, 0.29) is 17.4 Å². The highest BCUT2D eigenvalue weighted by Crippen LogP contribution is 2.57. The van der Waals surface area contributed by atoms with Crippen LogP contribution >= 0.6 is 11.3 Å². The van der Waals surface area contributed by atoms with Crippen LogP contribution in [0.25, 0.3) is 10.8 Å². The summed E-state index contributed by atoms with van der Waals surface area (Å²) in [5.41, 5.74) is 0.964. The molecule has 0 saturated heterocycles. The number of hydrogen-bond acceptors (Lipinski definition) is 6. The van der Waals surface area contributed by atoms with Gasteiger partial charge in [-0.25, -0.2) is 9.97 Å². The van der Waals surface area contributed by atoms with Crippen LogP contribution in [-0.2, 0) is 16.0 Å². The van der Waals surface area contributed by atoms with Gasteiger partial charge in [-0.05, 0) is 26.2 Å². The second-order valence-corrected chi connectivity index (χ2v) is 7.40. The number of carbonyl (C=O) groups excluding carboxylic acids is 1. The molecular formula is C16H21N5O2S. The van der Waals surface area contributed by atoms with Crippen LogP contribution in [0.1, 0.15) is 38.3 Å². The molecule has 0 aromatic carbocycles. The Labute approximate surface area is 144 Å². The number of rotatable bonds is 6. The first-order chi connectivity index (χ1) is 11.7. The number of aromatic nitrogens is 4. The smallest absolute Gasteiger partial charge is 0.226 e. The summed E-state index contributed by atoms with van der Waals surface area (Å²) < 4.78 is 5.83. The molecule has 1 amide bonds. The highest BCUT2D eigenvalue weighted by molar-refractivity contribution is 7.13. The minimum atomic E-state index is 0.0376. The fourth-order valence-corrected chi connectivity index (χ4v) is 4.62. The quantitative estimate of drug-likeness (QED) is 0.833. The number of carbonyl (C=O) groups is 1. The number of ether oxygens (including phenoxy) is 1. The van der Waals surface area contributed by atoms with Gasteiger partial charge in [0, 0.05) is 23.4 Å². The SMILES string of the molecule is CCO[C@@H]1C[C@@H](NC(=O)Cc2csc(-c3ncn[nH]3)n2)C12CCC2. The normalized spacial score (nSPS) is 24.4. The van der Waals surface area contributed by atoms with Crippen molar-refractivity contribution in [3.63, 3.8) is 0 Å². The standard InChI is InChI=1S/C16H21N5O2S/c1-2-23-12-7-11(16(12)4-3-5-16)20-13(22)6-10-8-24-15(19-10)14-17-9-18-21-14/h8-9,11-12H,2-7H2,1H3,(H,20,22)(H,17,18,21)/t11-,12-/m1/s1. The lowest BCUT2D eigenvalue weighted by Crippen LogP contribution is -2.67. The van der Waals surface area contributed by atoms with Crippen molar-refractivity contribution >= 4 is 17.2 Å². The molecule has 2 fully saturated rings. The van der Waals surface area contributed by atoms with E-state index in [1.165, 1.54) is 24.1 Å². The van der Waals surface area contributed by atoms with E-state index in [2.05, 4.69) is 25.5 Å². The Hall–Kier alpha value is -1.80. The van der Waals surface area contributed by atoms with E-state index < -0.39 is 0 Å². The lowest BCUT2D eigenvalue weighted by Gasteiger charge is -2.61. The fraction of sp³-hybridized carbons (Fsp3) is 0.625. The van der Waals surface area contributed by atoms with Crippen molar-refractivity contribution in [1.29, 1.82) is 0 Å². The van der Waals surface area contributed by atoms with Crippen LogP contribution in [0.15, 0.2) is 11.7 Å². The molecule has 0 radical (unpaired) electrons. The van der Waals surface area contributed by atoms with Crippen LogP contribution < -0.4 is 5.32 Å². The first-order valence-corrected chi connectivity index (χ1v) is 9.30. The molecule has 24 heavy (non-hydrogen) atoms. The van der Waals surface area contributed by atoms with E-state index in [9.17, 15) is 4.79 Å². The molecule has 2 N–H and O–H groups in total. The zero-order valence-corrected chi connectivity index (χ0v) is 14.4. The van der Waals surface area contributed by atoms with Gasteiger partial charge in [0.2, 0.25) is 5.91 Å². The Balaban J connectivity index is 1.34. The van der Waals surface area contributed by atoms with Crippen molar-refractivity contribution in [1.82, 2.24) is 25.5 Å². The van der Waals surface area contributed by atoms with Gasteiger partial charge in [-0.2, -0.15) is 5.10 Å². The maximum Gasteiger partial charge on any atom is 0.226 e. The number of hydrogen-bond donors (Lipinski definition) is 2. The summed E-state index contributed by atoms with van der Waals surface area (Å²) in [4.78, 5) is 20.9. The molecule has 2 aromatic rings. The first-order valence-electron chi connectivity index (χ1n) is 8.42. The summed E-state index contributed by atoms with van der Waals surface area (Å²) in [6, 6.07) is 0.252. The average molecular weight is 347 g/mol. The van der Waals surface area contributed by atoms with E-state index in [4.69, 9.17) is 4.74 Å². The van der Waals surface area contributed by atoms with Gasteiger partial charge in [-0.1, -0.05) is 6.42 Å². The van der Waals surface area contributed by atoms with Gasteiger partial charge in [-0.3, -0.25) is 9.89 Å². The molecule has 0 aliphatic heterocycles. The Morgan fingerprint density at radius 2 is 2.42 bits per heavy atom. The number of aromatic amines is 1. The van der Waals surface area contributed by atoms with E-state index in [0.29, 0.717) is 18.3 Å². The van der Waals surface area contributed by atoms with Crippen LogP contribution in [0, 0.1) is 5.41 Å². The van der Waals surface area contributed by atoms with Gasteiger partial charge < -0.3 is 10.1 Å². The van der Waals surface area contributed by atoms with Crippen molar-refractivity contribution in [3.05, 3.63) is 17.4 Å². The topological polar surface area (TPSA) is 92.8 Å². The minimum absolute atomic E-state index is 0.0376. The third-order valence-corrected chi connectivity index (χ3v) is 6.18. The molecule has 0 bridgehead atoms. The molecular weight excluding hydrogens is 326 g/mol. The predicted molar refractivity (Wildman–Crippen MR) is 89.4 cm³/mol. The molecule has 2 aromatic heterocycles. The number of nitrogens with one attached hydrogen (secondary N) is 2. The lowest BCUT2D eigenvalue weighted by molar-refractivity contribution is -0.175. The Bertz CT molecular complexity index is 710. The Kier molecular flexibility index (Phi) is 4.09. The molecule has 2 aliphatic carbocycles. The van der Waals surface area contributed by atoms with Crippen LogP contribution in [0.3, 0.4) is 0 Å². The van der Waals surface area contributed by atoms with E-state index in [0.717, 1.165) is 36.6 Å². The van der Waals surface area contributed by atoms with Crippen molar-refractivity contribution in [2.24, 2.45) is 5.41 Å². The highest BCUT2D eigenvalue weighted by Gasteiger charge is 2.59. The molecule has 2 saturated carbocycles. The molecule has 8 heteroatoms. The number of nitrogens with zero attached hydrogens (tertiary/aromatic N) is 3. The largest absolute Gasteiger partial charge is 0.378 e. The van der Waals surface area contributed by atoms with Gasteiger partial charge in [0.1, 0.15) is 6.33 Å². The number of amides is 1. The van der Waals surface area contributed by atoms with Crippen LogP contribution in [0.2, 0.25) is 0 Å². The van der Waals surface area contributed by atoms with Gasteiger partial charge in [0.25, 0.3) is 0 Å². The van der Waals surface area contributed by atoms with Crippen molar-refractivity contribution in [2.75, 3.05) is 6.61 Å². The predicted octanol–water partition coefficient (Wildman–Crippen LogP) is 1.93. The summed E-state index contributed by atoms with van der Waals surface area (Å²) in [5.74, 6) is 0.675. The van der Waals surface area contributed by atoms with Gasteiger partial charge in [0.15, 0.2) is 10.8 Å². The second kappa shape index (κ2) is 6.25. The molecule has 0 unspecified atom stereocenters. The maximum atomic E-state index is 12.4. The summed E-state index contributed by atoms with van der Waals surface area (Å²) in [7, 11) is 0. The van der Waals surface area contributed by atoms with Gasteiger partial charge in [-0.15, -0.1) is 11.3 Å². The highest BCUT2D eigenvalue weighted by atomic mass is 32.1. The first kappa shape index (κ1) is 15.7. The summed E-state index contributed by atoms with van der Waals surface area (Å²) in [6.07, 6.45) is 6.56. The molecule has 1 spiro atoms. The molecule has 2 heterocycles. The van der Waals surface area contributed by atoms with Crippen molar-refractivity contribution in [3.8, 4) is 10.8 Å². The summed E-state index contributed by atoms with van der Waals surface area (Å²) in [6.45, 7) is 2.78. The van der Waals surface area contributed by atoms with Gasteiger partial charge >= 0.3 is 0 Å². The Morgan fingerprint density at radius 3 is 3.08 bits per heavy atom. The molecule has 4 rings (SSSR count). The third-order valence-electron chi connectivity index (χ3n) is 5.28.